The fourth-order valence-electron chi connectivity index (χ4n) is 3.84. The van der Waals surface area contributed by atoms with Crippen molar-refractivity contribution >= 4 is 51.2 Å². The zero-order valence-electron chi connectivity index (χ0n) is 19.3. The Hall–Kier alpha value is -4.51. The molecule has 11 heteroatoms. The SMILES string of the molecule is Cc1cccnc1NC(=S)NN=Cc1ccc2c(ccc3c2ncn3-c2ccc(OC(F)(F)F)cc2)c1. The lowest BCUT2D eigenvalue weighted by Crippen LogP contribution is -2.24. The van der Waals surface area contributed by atoms with Crippen molar-refractivity contribution in [1.82, 2.24) is 20.0 Å². The highest BCUT2D eigenvalue weighted by Gasteiger charge is 2.31. The van der Waals surface area contributed by atoms with E-state index in [1.165, 1.54) is 12.1 Å². The summed E-state index contributed by atoms with van der Waals surface area (Å²) in [4.78, 5) is 8.78. The van der Waals surface area contributed by atoms with Crippen LogP contribution < -0.4 is 15.5 Å². The summed E-state index contributed by atoms with van der Waals surface area (Å²) in [5.74, 6) is 0.383. The Bertz CT molecular complexity index is 1630. The van der Waals surface area contributed by atoms with Crippen LogP contribution in [0.3, 0.4) is 0 Å². The molecule has 5 rings (SSSR count). The van der Waals surface area contributed by atoms with Crippen LogP contribution in [0.25, 0.3) is 27.5 Å². The maximum atomic E-state index is 12.4. The molecule has 2 N–H and O–H groups in total. The molecule has 0 atom stereocenters. The van der Waals surface area contributed by atoms with Crippen LogP contribution in [0.1, 0.15) is 11.1 Å². The Morgan fingerprint density at radius 3 is 2.62 bits per heavy atom. The number of hydrogen-bond acceptors (Lipinski definition) is 5. The predicted molar refractivity (Wildman–Crippen MR) is 141 cm³/mol. The molecule has 0 aliphatic heterocycles. The first-order valence-corrected chi connectivity index (χ1v) is 11.5. The van der Waals surface area contributed by atoms with Gasteiger partial charge in [-0.1, -0.05) is 24.3 Å². The van der Waals surface area contributed by atoms with Gasteiger partial charge in [0.05, 0.1) is 17.2 Å². The van der Waals surface area contributed by atoms with Gasteiger partial charge in [-0.2, -0.15) is 5.10 Å². The third-order valence-electron chi connectivity index (χ3n) is 5.53. The van der Waals surface area contributed by atoms with E-state index >= 15 is 0 Å². The van der Waals surface area contributed by atoms with Crippen LogP contribution in [0.2, 0.25) is 0 Å². The lowest BCUT2D eigenvalue weighted by atomic mass is 10.1. The first-order chi connectivity index (χ1) is 17.8. The van der Waals surface area contributed by atoms with Crippen molar-refractivity contribution in [2.45, 2.75) is 13.3 Å². The first-order valence-electron chi connectivity index (χ1n) is 11.0. The second-order valence-electron chi connectivity index (χ2n) is 8.06. The zero-order chi connectivity index (χ0) is 26.0. The largest absolute Gasteiger partial charge is 0.573 e. The van der Waals surface area contributed by atoms with Crippen LogP contribution in [0.15, 0.2) is 84.4 Å². The maximum Gasteiger partial charge on any atom is 0.573 e. The van der Waals surface area contributed by atoms with Gasteiger partial charge in [-0.3, -0.25) is 9.99 Å². The Morgan fingerprint density at radius 1 is 1.05 bits per heavy atom. The van der Waals surface area contributed by atoms with Crippen molar-refractivity contribution in [2.75, 3.05) is 5.32 Å². The van der Waals surface area contributed by atoms with E-state index in [4.69, 9.17) is 12.2 Å². The first kappa shape index (κ1) is 24.2. The molecule has 0 fully saturated rings. The highest BCUT2D eigenvalue weighted by atomic mass is 32.1. The van der Waals surface area contributed by atoms with Gasteiger partial charge in [0.25, 0.3) is 0 Å². The number of nitrogens with one attached hydrogen (secondary N) is 2. The minimum Gasteiger partial charge on any atom is -0.406 e. The smallest absolute Gasteiger partial charge is 0.406 e. The average Bonchev–Trinajstić information content (AvgIpc) is 3.29. The van der Waals surface area contributed by atoms with Gasteiger partial charge in [0, 0.05) is 17.3 Å². The number of rotatable bonds is 5. The Kier molecular flexibility index (Phi) is 6.45. The van der Waals surface area contributed by atoms with E-state index in [2.05, 4.69) is 30.5 Å². The third-order valence-corrected chi connectivity index (χ3v) is 5.72. The van der Waals surface area contributed by atoms with Crippen LogP contribution in [0.5, 0.6) is 5.75 Å². The van der Waals surface area contributed by atoms with Crippen LogP contribution >= 0.6 is 12.2 Å². The molecule has 186 valence electrons. The number of benzene rings is 3. The van der Waals surface area contributed by atoms with Gasteiger partial charge in [-0.25, -0.2) is 9.97 Å². The second-order valence-corrected chi connectivity index (χ2v) is 8.47. The minimum absolute atomic E-state index is 0.279. The van der Waals surface area contributed by atoms with Crippen molar-refractivity contribution in [3.05, 3.63) is 90.4 Å². The van der Waals surface area contributed by atoms with Gasteiger partial charge in [0.2, 0.25) is 0 Å². The molecule has 37 heavy (non-hydrogen) atoms. The van der Waals surface area contributed by atoms with E-state index in [1.54, 1.807) is 30.9 Å². The van der Waals surface area contributed by atoms with Gasteiger partial charge in [-0.15, -0.1) is 13.2 Å². The molecule has 0 aliphatic carbocycles. The number of fused-ring (bicyclic) bond motifs is 3. The van der Waals surface area contributed by atoms with Gasteiger partial charge >= 0.3 is 6.36 Å². The van der Waals surface area contributed by atoms with E-state index in [0.717, 1.165) is 32.9 Å². The quantitative estimate of drug-likeness (QED) is 0.166. The Morgan fingerprint density at radius 2 is 1.86 bits per heavy atom. The number of imidazole rings is 1. The molecule has 3 aromatic carbocycles. The van der Waals surface area contributed by atoms with E-state index in [-0.39, 0.29) is 5.75 Å². The summed E-state index contributed by atoms with van der Waals surface area (Å²) >= 11 is 5.27. The highest BCUT2D eigenvalue weighted by Crippen LogP contribution is 2.28. The second kappa shape index (κ2) is 9.86. The molecule has 0 aliphatic rings. The fraction of sp³-hybridized carbons (Fsp3) is 0.0769. The lowest BCUT2D eigenvalue weighted by molar-refractivity contribution is -0.274. The van der Waals surface area contributed by atoms with Crippen molar-refractivity contribution in [1.29, 1.82) is 0 Å². The van der Waals surface area contributed by atoms with E-state index in [0.29, 0.717) is 16.6 Å². The van der Waals surface area contributed by atoms with Gasteiger partial charge in [0.15, 0.2) is 5.11 Å². The summed E-state index contributed by atoms with van der Waals surface area (Å²) in [6.07, 6.45) is 0.245. The summed E-state index contributed by atoms with van der Waals surface area (Å²) in [6.45, 7) is 1.93. The summed E-state index contributed by atoms with van der Waals surface area (Å²) in [5, 5.41) is 9.42. The molecule has 2 heterocycles. The Labute approximate surface area is 214 Å². The predicted octanol–water partition coefficient (Wildman–Crippen LogP) is 6.10. The molecule has 2 aromatic heterocycles. The molecule has 0 radical (unpaired) electrons. The summed E-state index contributed by atoms with van der Waals surface area (Å²) in [6, 6.07) is 19.1. The summed E-state index contributed by atoms with van der Waals surface area (Å²) in [5.41, 5.74) is 6.86. The fourth-order valence-corrected chi connectivity index (χ4v) is 3.99. The molecule has 0 spiro atoms. The van der Waals surface area contributed by atoms with Gasteiger partial charge < -0.3 is 10.1 Å². The van der Waals surface area contributed by atoms with Crippen molar-refractivity contribution in [3.8, 4) is 11.4 Å². The molecule has 0 unspecified atom stereocenters. The summed E-state index contributed by atoms with van der Waals surface area (Å²) < 4.78 is 43.1. The number of hydrogen-bond donors (Lipinski definition) is 2. The maximum absolute atomic E-state index is 12.4. The number of thiocarbonyl (C=S) groups is 1. The van der Waals surface area contributed by atoms with E-state index in [9.17, 15) is 13.2 Å². The number of alkyl halides is 3. The average molecular weight is 521 g/mol. The van der Waals surface area contributed by atoms with Crippen molar-refractivity contribution in [3.63, 3.8) is 0 Å². The lowest BCUT2D eigenvalue weighted by Gasteiger charge is -2.10. The van der Waals surface area contributed by atoms with Gasteiger partial charge in [-0.05, 0) is 78.1 Å². The normalized spacial score (nSPS) is 11.8. The number of nitrogens with zero attached hydrogens (tertiary/aromatic N) is 4. The molecule has 0 saturated carbocycles. The molecule has 0 saturated heterocycles. The summed E-state index contributed by atoms with van der Waals surface area (Å²) in [7, 11) is 0. The zero-order valence-corrected chi connectivity index (χ0v) is 20.1. The van der Waals surface area contributed by atoms with Crippen LogP contribution in [0.4, 0.5) is 19.0 Å². The number of halogens is 3. The van der Waals surface area contributed by atoms with Gasteiger partial charge in [0.1, 0.15) is 17.9 Å². The van der Waals surface area contributed by atoms with E-state index in [1.807, 2.05) is 54.0 Å². The topological polar surface area (TPSA) is 76.4 Å². The van der Waals surface area contributed by atoms with E-state index < -0.39 is 6.36 Å². The molecular weight excluding hydrogens is 501 g/mol. The van der Waals surface area contributed by atoms with Crippen molar-refractivity contribution < 1.29 is 17.9 Å². The monoisotopic (exact) mass is 520 g/mol. The number of ether oxygens (including phenoxy) is 1. The molecule has 7 nitrogen and oxygen atoms in total. The number of hydrazone groups is 1. The third kappa shape index (κ3) is 5.51. The molecule has 0 bridgehead atoms. The molecular formula is C26H19F3N6OS. The van der Waals surface area contributed by atoms with Crippen LogP contribution in [-0.4, -0.2) is 32.2 Å². The standard InChI is InChI=1S/C26H19F3N6OS/c1-16-3-2-12-30-24(16)33-25(37)34-32-14-17-4-10-21-18(13-17)5-11-22-23(21)31-15-35(22)19-6-8-20(9-7-19)36-26(27,28)29/h2-15H,1H3,(H2,30,33,34,37). The number of aromatic nitrogens is 3. The number of pyridine rings is 1. The molecule has 5 aromatic rings. The number of anilines is 1. The van der Waals surface area contributed by atoms with Crippen LogP contribution in [-0.2, 0) is 0 Å². The highest BCUT2D eigenvalue weighted by molar-refractivity contribution is 7.80. The van der Waals surface area contributed by atoms with Crippen molar-refractivity contribution in [2.24, 2.45) is 5.10 Å². The molecule has 0 amide bonds. The number of aryl methyl sites for hydroxylation is 1. The minimum atomic E-state index is -4.73. The van der Waals surface area contributed by atoms with Crippen LogP contribution in [0, 0.1) is 6.92 Å². The Balaban J connectivity index is 1.32.